The number of halogens is 2. The molecule has 2 atom stereocenters. The molecule has 1 N–H and O–H groups in total. The van der Waals surface area contributed by atoms with Gasteiger partial charge < -0.3 is 19.7 Å². The smallest absolute Gasteiger partial charge is 0.327 e. The number of amides is 4. The molecule has 0 aromatic heterocycles. The molecule has 5 rings (SSSR count). The van der Waals surface area contributed by atoms with Crippen LogP contribution in [0.1, 0.15) is 52.7 Å². The van der Waals surface area contributed by atoms with Crippen LogP contribution in [0.2, 0.25) is 5.02 Å². The molecule has 3 aromatic rings. The highest BCUT2D eigenvalue weighted by atomic mass is 35.5. The summed E-state index contributed by atoms with van der Waals surface area (Å²) in [6, 6.07) is 16.1. The van der Waals surface area contributed by atoms with Gasteiger partial charge in [0, 0.05) is 29.7 Å². The topological polar surface area (TPSA) is 88.2 Å². The molecule has 1 aliphatic carbocycles. The third kappa shape index (κ3) is 6.77. The van der Waals surface area contributed by atoms with Crippen molar-refractivity contribution in [3.8, 4) is 11.5 Å². The Hall–Kier alpha value is -4.11. The van der Waals surface area contributed by atoms with E-state index in [0.29, 0.717) is 42.0 Å². The number of hydrogen-bond acceptors (Lipinski definition) is 5. The number of urea groups is 1. The number of carbonyl (C=O) groups is 3. The maximum absolute atomic E-state index is 13.7. The van der Waals surface area contributed by atoms with E-state index in [2.05, 4.69) is 5.32 Å². The molecular formula is C33H35ClFN3O5. The van der Waals surface area contributed by atoms with E-state index in [0.717, 1.165) is 30.4 Å². The SMILES string of the molecule is COc1ccc(CCNC(=O)c2ccc(CN3C(=O)C4CCCCC4N(Cc4ccc(F)cc4Cl)C3=O)cc2)cc1OC. The third-order valence-electron chi connectivity index (χ3n) is 8.25. The van der Waals surface area contributed by atoms with Gasteiger partial charge in [0.25, 0.3) is 5.91 Å². The highest BCUT2D eigenvalue weighted by Gasteiger charge is 2.46. The first kappa shape index (κ1) is 30.4. The highest BCUT2D eigenvalue weighted by molar-refractivity contribution is 6.31. The molecule has 0 spiro atoms. The van der Waals surface area contributed by atoms with E-state index in [-0.39, 0.29) is 47.9 Å². The summed E-state index contributed by atoms with van der Waals surface area (Å²) in [4.78, 5) is 43.0. The van der Waals surface area contributed by atoms with Crippen molar-refractivity contribution in [3.63, 3.8) is 0 Å². The van der Waals surface area contributed by atoms with Gasteiger partial charge >= 0.3 is 6.03 Å². The maximum atomic E-state index is 13.7. The number of methoxy groups -OCH3 is 2. The van der Waals surface area contributed by atoms with E-state index in [1.807, 2.05) is 18.2 Å². The first-order valence-electron chi connectivity index (χ1n) is 14.4. The van der Waals surface area contributed by atoms with Gasteiger partial charge in [-0.1, -0.05) is 48.7 Å². The zero-order chi connectivity index (χ0) is 30.5. The van der Waals surface area contributed by atoms with Crippen LogP contribution < -0.4 is 14.8 Å². The van der Waals surface area contributed by atoms with Crippen molar-refractivity contribution >= 4 is 29.4 Å². The van der Waals surface area contributed by atoms with Crippen molar-refractivity contribution < 1.29 is 28.2 Å². The lowest BCUT2D eigenvalue weighted by molar-refractivity contribution is -0.141. The molecule has 0 bridgehead atoms. The average molecular weight is 608 g/mol. The lowest BCUT2D eigenvalue weighted by atomic mass is 9.81. The van der Waals surface area contributed by atoms with Crippen molar-refractivity contribution in [1.29, 1.82) is 0 Å². The fourth-order valence-corrected chi connectivity index (χ4v) is 6.16. The van der Waals surface area contributed by atoms with E-state index in [1.54, 1.807) is 49.5 Å². The van der Waals surface area contributed by atoms with Crippen molar-refractivity contribution in [2.75, 3.05) is 20.8 Å². The summed E-state index contributed by atoms with van der Waals surface area (Å²) in [5, 5.41) is 3.18. The number of benzene rings is 3. The molecule has 2 unspecified atom stereocenters. The standard InChI is InChI=1S/C33H35ClFN3O5/c1-42-29-14-9-21(17-30(29)43-2)15-16-36-31(39)23-10-7-22(8-11-23)19-38-32(40)26-5-3-4-6-28(26)37(33(38)41)20-24-12-13-25(35)18-27(24)34/h7-14,17-18,26,28H,3-6,15-16,19-20H2,1-2H3,(H,36,39). The lowest BCUT2D eigenvalue weighted by Gasteiger charge is -2.47. The maximum Gasteiger partial charge on any atom is 0.327 e. The van der Waals surface area contributed by atoms with E-state index in [9.17, 15) is 18.8 Å². The van der Waals surface area contributed by atoms with Gasteiger partial charge in [-0.05, 0) is 72.4 Å². The number of hydrogen-bond donors (Lipinski definition) is 1. The quantitative estimate of drug-likeness (QED) is 0.306. The van der Waals surface area contributed by atoms with Crippen molar-refractivity contribution in [2.45, 2.75) is 51.2 Å². The van der Waals surface area contributed by atoms with Gasteiger partial charge in [0.1, 0.15) is 5.82 Å². The minimum Gasteiger partial charge on any atom is -0.493 e. The van der Waals surface area contributed by atoms with Gasteiger partial charge in [0.05, 0.1) is 26.7 Å². The van der Waals surface area contributed by atoms with Crippen molar-refractivity contribution in [3.05, 3.63) is 93.8 Å². The second-order valence-electron chi connectivity index (χ2n) is 10.9. The minimum absolute atomic E-state index is 0.0930. The van der Waals surface area contributed by atoms with Crippen LogP contribution in [-0.4, -0.2) is 54.5 Å². The Labute approximate surface area is 255 Å². The molecule has 1 saturated carbocycles. The molecule has 2 fully saturated rings. The molecule has 4 amide bonds. The van der Waals surface area contributed by atoms with Crippen LogP contribution in [0.4, 0.5) is 9.18 Å². The van der Waals surface area contributed by atoms with Gasteiger partial charge in [-0.2, -0.15) is 0 Å². The van der Waals surface area contributed by atoms with Crippen LogP contribution in [0, 0.1) is 11.7 Å². The van der Waals surface area contributed by atoms with Gasteiger partial charge in [0.2, 0.25) is 5.91 Å². The minimum atomic E-state index is -0.443. The number of imide groups is 1. The second kappa shape index (κ2) is 13.5. The summed E-state index contributed by atoms with van der Waals surface area (Å²) >= 11 is 6.29. The number of fused-ring (bicyclic) bond motifs is 1. The fraction of sp³-hybridized carbons (Fsp3) is 0.364. The number of nitrogens with zero attached hydrogens (tertiary/aromatic N) is 2. The average Bonchev–Trinajstić information content (AvgIpc) is 3.02. The molecule has 1 aliphatic heterocycles. The van der Waals surface area contributed by atoms with E-state index in [1.165, 1.54) is 17.0 Å². The largest absolute Gasteiger partial charge is 0.493 e. The monoisotopic (exact) mass is 607 g/mol. The Morgan fingerprint density at radius 2 is 1.65 bits per heavy atom. The Morgan fingerprint density at radius 1 is 0.930 bits per heavy atom. The van der Waals surface area contributed by atoms with Gasteiger partial charge in [-0.25, -0.2) is 9.18 Å². The molecule has 10 heteroatoms. The number of carbonyl (C=O) groups excluding carboxylic acids is 3. The predicted molar refractivity (Wildman–Crippen MR) is 161 cm³/mol. The number of ether oxygens (including phenoxy) is 2. The summed E-state index contributed by atoms with van der Waals surface area (Å²) in [5.41, 5.74) is 2.85. The Kier molecular flexibility index (Phi) is 9.50. The first-order chi connectivity index (χ1) is 20.8. The van der Waals surface area contributed by atoms with Crippen LogP contribution in [-0.2, 0) is 24.3 Å². The van der Waals surface area contributed by atoms with Gasteiger partial charge in [0.15, 0.2) is 11.5 Å². The number of nitrogens with one attached hydrogen (secondary N) is 1. The molecule has 3 aromatic carbocycles. The summed E-state index contributed by atoms with van der Waals surface area (Å²) < 4.78 is 24.2. The van der Waals surface area contributed by atoms with Crippen LogP contribution in [0.5, 0.6) is 11.5 Å². The Morgan fingerprint density at radius 3 is 2.37 bits per heavy atom. The zero-order valence-electron chi connectivity index (χ0n) is 24.3. The molecule has 8 nitrogen and oxygen atoms in total. The molecule has 2 aliphatic rings. The van der Waals surface area contributed by atoms with Crippen LogP contribution in [0.25, 0.3) is 0 Å². The van der Waals surface area contributed by atoms with E-state index in [4.69, 9.17) is 21.1 Å². The molecule has 43 heavy (non-hydrogen) atoms. The summed E-state index contributed by atoms with van der Waals surface area (Å²) in [6.45, 7) is 0.727. The van der Waals surface area contributed by atoms with Crippen molar-refractivity contribution in [1.82, 2.24) is 15.1 Å². The zero-order valence-corrected chi connectivity index (χ0v) is 25.0. The fourth-order valence-electron chi connectivity index (χ4n) is 5.93. The number of rotatable bonds is 10. The molecule has 0 radical (unpaired) electrons. The summed E-state index contributed by atoms with van der Waals surface area (Å²) in [7, 11) is 3.16. The first-order valence-corrected chi connectivity index (χ1v) is 14.8. The van der Waals surface area contributed by atoms with Gasteiger partial charge in [-0.3, -0.25) is 14.5 Å². The van der Waals surface area contributed by atoms with Crippen LogP contribution >= 0.6 is 11.6 Å². The van der Waals surface area contributed by atoms with Crippen LogP contribution in [0.15, 0.2) is 60.7 Å². The normalized spacial score (nSPS) is 18.3. The van der Waals surface area contributed by atoms with E-state index >= 15 is 0 Å². The van der Waals surface area contributed by atoms with Crippen molar-refractivity contribution in [2.24, 2.45) is 5.92 Å². The molecule has 226 valence electrons. The van der Waals surface area contributed by atoms with Crippen LogP contribution in [0.3, 0.4) is 0 Å². The summed E-state index contributed by atoms with van der Waals surface area (Å²) in [6.07, 6.45) is 3.93. The predicted octanol–water partition coefficient (Wildman–Crippen LogP) is 5.99. The Balaban J connectivity index is 1.23. The summed E-state index contributed by atoms with van der Waals surface area (Å²) in [5.74, 6) is 0.154. The highest BCUT2D eigenvalue weighted by Crippen LogP contribution is 2.37. The van der Waals surface area contributed by atoms with E-state index < -0.39 is 5.82 Å². The lowest BCUT2D eigenvalue weighted by Crippen LogP contribution is -2.61. The molecule has 1 saturated heterocycles. The third-order valence-corrected chi connectivity index (χ3v) is 8.60. The molecular weight excluding hydrogens is 573 g/mol. The second-order valence-corrected chi connectivity index (χ2v) is 11.3. The Bertz CT molecular complexity index is 1500. The molecule has 1 heterocycles. The van der Waals surface area contributed by atoms with Gasteiger partial charge in [-0.15, -0.1) is 0 Å².